The second kappa shape index (κ2) is 4.55. The number of carboxylic acid groups (broad SMARTS) is 1. The standard InChI is InChI=1S/C10H12BrNO2/c1-6(2)3-7-5-12-9(10(13)14)4-8(7)11/h4-6H,3H2,1-2H3,(H,13,14). The van der Waals surface area contributed by atoms with Gasteiger partial charge in [0.25, 0.3) is 0 Å². The second-order valence-corrected chi connectivity index (χ2v) is 4.42. The molecule has 0 aromatic carbocycles. The van der Waals surface area contributed by atoms with Crippen molar-refractivity contribution >= 4 is 21.9 Å². The Kier molecular flexibility index (Phi) is 3.63. The van der Waals surface area contributed by atoms with E-state index < -0.39 is 5.97 Å². The molecule has 1 rings (SSSR count). The van der Waals surface area contributed by atoms with E-state index >= 15 is 0 Å². The van der Waals surface area contributed by atoms with E-state index in [4.69, 9.17) is 5.11 Å². The minimum atomic E-state index is -0.998. The van der Waals surface area contributed by atoms with Crippen molar-refractivity contribution in [3.63, 3.8) is 0 Å². The van der Waals surface area contributed by atoms with Gasteiger partial charge in [-0.1, -0.05) is 29.8 Å². The minimum absolute atomic E-state index is 0.0735. The van der Waals surface area contributed by atoms with Crippen LogP contribution < -0.4 is 0 Å². The number of rotatable bonds is 3. The van der Waals surface area contributed by atoms with E-state index in [0.717, 1.165) is 16.5 Å². The van der Waals surface area contributed by atoms with Crippen molar-refractivity contribution in [2.45, 2.75) is 20.3 Å². The van der Waals surface area contributed by atoms with Crippen molar-refractivity contribution in [3.8, 4) is 0 Å². The molecule has 1 aromatic rings. The van der Waals surface area contributed by atoms with E-state index in [1.54, 1.807) is 12.3 Å². The van der Waals surface area contributed by atoms with Gasteiger partial charge in [-0.2, -0.15) is 0 Å². The summed E-state index contributed by atoms with van der Waals surface area (Å²) in [7, 11) is 0. The Morgan fingerprint density at radius 2 is 2.29 bits per heavy atom. The molecule has 0 saturated heterocycles. The zero-order chi connectivity index (χ0) is 10.7. The van der Waals surface area contributed by atoms with Crippen molar-refractivity contribution in [2.75, 3.05) is 0 Å². The first-order valence-corrected chi connectivity index (χ1v) is 5.17. The van der Waals surface area contributed by atoms with Crippen LogP contribution in [0, 0.1) is 5.92 Å². The Morgan fingerprint density at radius 3 is 2.71 bits per heavy atom. The minimum Gasteiger partial charge on any atom is -0.477 e. The average Bonchev–Trinajstić information content (AvgIpc) is 2.07. The molecule has 4 heteroatoms. The zero-order valence-electron chi connectivity index (χ0n) is 8.12. The largest absolute Gasteiger partial charge is 0.477 e. The van der Waals surface area contributed by atoms with Crippen molar-refractivity contribution in [1.82, 2.24) is 4.98 Å². The maximum Gasteiger partial charge on any atom is 0.354 e. The lowest BCUT2D eigenvalue weighted by Crippen LogP contribution is -2.03. The predicted molar refractivity (Wildman–Crippen MR) is 57.4 cm³/mol. The molecule has 1 heterocycles. The Morgan fingerprint density at radius 1 is 1.64 bits per heavy atom. The van der Waals surface area contributed by atoms with Crippen molar-refractivity contribution < 1.29 is 9.90 Å². The number of carbonyl (C=O) groups is 1. The second-order valence-electron chi connectivity index (χ2n) is 3.56. The van der Waals surface area contributed by atoms with Crippen LogP contribution in [0.3, 0.4) is 0 Å². The summed E-state index contributed by atoms with van der Waals surface area (Å²) in [5.41, 5.74) is 1.12. The molecule has 14 heavy (non-hydrogen) atoms. The third kappa shape index (κ3) is 2.80. The van der Waals surface area contributed by atoms with Crippen molar-refractivity contribution in [2.24, 2.45) is 5.92 Å². The highest BCUT2D eigenvalue weighted by atomic mass is 79.9. The Labute approximate surface area is 91.3 Å². The van der Waals surface area contributed by atoms with Crippen LogP contribution in [0.4, 0.5) is 0 Å². The van der Waals surface area contributed by atoms with E-state index in [0.29, 0.717) is 5.92 Å². The van der Waals surface area contributed by atoms with Crippen LogP contribution in [0.1, 0.15) is 29.9 Å². The Hall–Kier alpha value is -0.900. The van der Waals surface area contributed by atoms with Crippen molar-refractivity contribution in [3.05, 3.63) is 28.0 Å². The molecule has 1 N–H and O–H groups in total. The highest BCUT2D eigenvalue weighted by molar-refractivity contribution is 9.10. The molecule has 0 fully saturated rings. The first-order chi connectivity index (χ1) is 6.50. The molecular formula is C10H12BrNO2. The van der Waals surface area contributed by atoms with Gasteiger partial charge in [-0.25, -0.2) is 9.78 Å². The molecule has 0 aliphatic heterocycles. The van der Waals surface area contributed by atoms with Crippen LogP contribution in [-0.2, 0) is 6.42 Å². The van der Waals surface area contributed by atoms with Crippen molar-refractivity contribution in [1.29, 1.82) is 0 Å². The third-order valence-electron chi connectivity index (χ3n) is 1.78. The number of pyridine rings is 1. The fraction of sp³-hybridized carbons (Fsp3) is 0.400. The lowest BCUT2D eigenvalue weighted by molar-refractivity contribution is 0.0690. The lowest BCUT2D eigenvalue weighted by atomic mass is 10.0. The molecule has 0 aliphatic rings. The number of hydrogen-bond donors (Lipinski definition) is 1. The maximum atomic E-state index is 10.6. The number of aromatic carboxylic acids is 1. The molecule has 0 spiro atoms. The topological polar surface area (TPSA) is 50.2 Å². The monoisotopic (exact) mass is 257 g/mol. The third-order valence-corrected chi connectivity index (χ3v) is 2.52. The van der Waals surface area contributed by atoms with Crippen LogP contribution in [0.15, 0.2) is 16.7 Å². The maximum absolute atomic E-state index is 10.6. The van der Waals surface area contributed by atoms with Gasteiger partial charge in [0.1, 0.15) is 5.69 Å². The number of nitrogens with zero attached hydrogens (tertiary/aromatic N) is 1. The highest BCUT2D eigenvalue weighted by Crippen LogP contribution is 2.19. The van der Waals surface area contributed by atoms with Gasteiger partial charge < -0.3 is 5.11 Å². The fourth-order valence-corrected chi connectivity index (χ4v) is 1.65. The number of halogens is 1. The summed E-state index contributed by atoms with van der Waals surface area (Å²) in [5, 5.41) is 8.70. The van der Waals surface area contributed by atoms with Crippen LogP contribution in [-0.4, -0.2) is 16.1 Å². The van der Waals surface area contributed by atoms with E-state index in [1.807, 2.05) is 0 Å². The number of hydrogen-bond acceptors (Lipinski definition) is 2. The summed E-state index contributed by atoms with van der Waals surface area (Å²) in [6.07, 6.45) is 2.51. The first-order valence-electron chi connectivity index (χ1n) is 4.38. The van der Waals surface area contributed by atoms with Gasteiger partial charge in [0, 0.05) is 10.7 Å². The van der Waals surface area contributed by atoms with Crippen LogP contribution >= 0.6 is 15.9 Å². The zero-order valence-corrected chi connectivity index (χ0v) is 9.71. The van der Waals surface area contributed by atoms with Gasteiger partial charge in [0.2, 0.25) is 0 Å². The molecule has 0 atom stereocenters. The molecule has 0 unspecified atom stereocenters. The predicted octanol–water partition coefficient (Wildman–Crippen LogP) is 2.74. The Balaban J connectivity index is 2.95. The molecular weight excluding hydrogens is 246 g/mol. The molecule has 0 amide bonds. The molecule has 3 nitrogen and oxygen atoms in total. The SMILES string of the molecule is CC(C)Cc1cnc(C(=O)O)cc1Br. The van der Waals surface area contributed by atoms with Gasteiger partial charge >= 0.3 is 5.97 Å². The molecule has 76 valence electrons. The van der Waals surface area contributed by atoms with Gasteiger partial charge in [0.05, 0.1) is 0 Å². The molecule has 0 aliphatic carbocycles. The lowest BCUT2D eigenvalue weighted by Gasteiger charge is -2.07. The van der Waals surface area contributed by atoms with E-state index in [9.17, 15) is 4.79 Å². The summed E-state index contributed by atoms with van der Waals surface area (Å²) in [6, 6.07) is 1.54. The van der Waals surface area contributed by atoms with Gasteiger partial charge in [-0.05, 0) is 24.0 Å². The van der Waals surface area contributed by atoms with Crippen LogP contribution in [0.2, 0.25) is 0 Å². The number of aromatic nitrogens is 1. The smallest absolute Gasteiger partial charge is 0.354 e. The molecule has 1 aromatic heterocycles. The fourth-order valence-electron chi connectivity index (χ4n) is 1.17. The highest BCUT2D eigenvalue weighted by Gasteiger charge is 2.09. The summed E-state index contributed by atoms with van der Waals surface area (Å²) in [5.74, 6) is -0.467. The van der Waals surface area contributed by atoms with E-state index in [2.05, 4.69) is 34.8 Å². The van der Waals surface area contributed by atoms with Crippen LogP contribution in [0.25, 0.3) is 0 Å². The Bertz CT molecular complexity index is 350. The van der Waals surface area contributed by atoms with Gasteiger partial charge in [0.15, 0.2) is 0 Å². The summed E-state index contributed by atoms with van der Waals surface area (Å²) >= 11 is 3.34. The molecule has 0 radical (unpaired) electrons. The van der Waals surface area contributed by atoms with Gasteiger partial charge in [-0.15, -0.1) is 0 Å². The summed E-state index contributed by atoms with van der Waals surface area (Å²) in [6.45, 7) is 4.22. The summed E-state index contributed by atoms with van der Waals surface area (Å²) in [4.78, 5) is 14.5. The van der Waals surface area contributed by atoms with E-state index in [-0.39, 0.29) is 5.69 Å². The normalized spacial score (nSPS) is 10.6. The van der Waals surface area contributed by atoms with E-state index in [1.165, 1.54) is 0 Å². The summed E-state index contributed by atoms with van der Waals surface area (Å²) < 4.78 is 0.818. The molecule has 0 saturated carbocycles. The average molecular weight is 258 g/mol. The van der Waals surface area contributed by atoms with Gasteiger partial charge in [-0.3, -0.25) is 0 Å². The number of carboxylic acids is 1. The quantitative estimate of drug-likeness (QED) is 0.906. The van der Waals surface area contributed by atoms with Crippen LogP contribution in [0.5, 0.6) is 0 Å². The molecule has 0 bridgehead atoms. The first kappa shape index (κ1) is 11.2.